The summed E-state index contributed by atoms with van der Waals surface area (Å²) in [4.78, 5) is 19.7. The number of hydrogen-bond acceptors (Lipinski definition) is 3. The Bertz CT molecular complexity index is 651. The van der Waals surface area contributed by atoms with Crippen LogP contribution in [0.5, 0.6) is 0 Å². The van der Waals surface area contributed by atoms with Crippen molar-refractivity contribution >= 4 is 38.6 Å². The van der Waals surface area contributed by atoms with E-state index < -0.39 is 0 Å². The molecule has 4 nitrogen and oxygen atoms in total. The third kappa shape index (κ3) is 1.82. The fraction of sp³-hybridized carbons (Fsp3) is 0.0833. The molecule has 1 amide bonds. The molecule has 1 N–H and O–H groups in total. The zero-order chi connectivity index (χ0) is 11.8. The Morgan fingerprint density at radius 2 is 2.12 bits per heavy atom. The van der Waals surface area contributed by atoms with Crippen LogP contribution in [0.2, 0.25) is 0 Å². The van der Waals surface area contributed by atoms with E-state index >= 15 is 0 Å². The van der Waals surface area contributed by atoms with Crippen LogP contribution in [0, 0.1) is 0 Å². The molecule has 5 heteroatoms. The maximum atomic E-state index is 11.1. The summed E-state index contributed by atoms with van der Waals surface area (Å²) < 4.78 is 0.831. The first kappa shape index (κ1) is 10.4. The summed E-state index contributed by atoms with van der Waals surface area (Å²) in [6.07, 6.45) is 0. The summed E-state index contributed by atoms with van der Waals surface area (Å²) in [6.45, 7) is 0.177. The normalized spacial score (nSPS) is 14.9. The SMILES string of the molecule is O=C1CN=C(c2nc3ccccc3cc2Br)N1. The van der Waals surface area contributed by atoms with Gasteiger partial charge in [0, 0.05) is 9.86 Å². The number of rotatable bonds is 1. The van der Waals surface area contributed by atoms with Gasteiger partial charge in [0.25, 0.3) is 0 Å². The van der Waals surface area contributed by atoms with E-state index in [-0.39, 0.29) is 12.5 Å². The van der Waals surface area contributed by atoms with Gasteiger partial charge in [0.05, 0.1) is 5.52 Å². The number of halogens is 1. The van der Waals surface area contributed by atoms with Gasteiger partial charge in [-0.25, -0.2) is 4.98 Å². The Morgan fingerprint density at radius 3 is 2.88 bits per heavy atom. The van der Waals surface area contributed by atoms with Crippen molar-refractivity contribution < 1.29 is 4.79 Å². The lowest BCUT2D eigenvalue weighted by molar-refractivity contribution is -0.117. The van der Waals surface area contributed by atoms with Crippen LogP contribution in [0.15, 0.2) is 39.8 Å². The first-order valence-electron chi connectivity index (χ1n) is 5.14. The standard InChI is InChI=1S/C12H8BrN3O/c13-8-5-7-3-1-2-4-9(7)15-11(8)12-14-6-10(17)16-12/h1-5H,6H2,(H,14,16,17). The third-order valence-corrected chi connectivity index (χ3v) is 3.14. The highest BCUT2D eigenvalue weighted by Gasteiger charge is 2.18. The highest BCUT2D eigenvalue weighted by molar-refractivity contribution is 9.10. The molecule has 1 aliphatic heterocycles. The second-order valence-electron chi connectivity index (χ2n) is 3.72. The summed E-state index contributed by atoms with van der Waals surface area (Å²) in [5.41, 5.74) is 1.56. The number of amidine groups is 1. The second kappa shape index (κ2) is 3.92. The second-order valence-corrected chi connectivity index (χ2v) is 4.58. The van der Waals surface area contributed by atoms with Crippen LogP contribution >= 0.6 is 15.9 Å². The van der Waals surface area contributed by atoms with Crippen molar-refractivity contribution in [1.82, 2.24) is 10.3 Å². The first-order valence-corrected chi connectivity index (χ1v) is 5.93. The number of fused-ring (bicyclic) bond motifs is 1. The van der Waals surface area contributed by atoms with E-state index in [1.807, 2.05) is 30.3 Å². The minimum atomic E-state index is -0.0955. The molecule has 3 rings (SSSR count). The highest BCUT2D eigenvalue weighted by Crippen LogP contribution is 2.22. The van der Waals surface area contributed by atoms with Gasteiger partial charge in [-0.3, -0.25) is 9.79 Å². The van der Waals surface area contributed by atoms with E-state index in [9.17, 15) is 4.79 Å². The van der Waals surface area contributed by atoms with Crippen molar-refractivity contribution in [2.24, 2.45) is 4.99 Å². The molecule has 2 aromatic rings. The van der Waals surface area contributed by atoms with Crippen molar-refractivity contribution in [2.45, 2.75) is 0 Å². The van der Waals surface area contributed by atoms with Crippen molar-refractivity contribution in [3.05, 3.63) is 40.5 Å². The van der Waals surface area contributed by atoms with Crippen LogP contribution in [0.1, 0.15) is 5.69 Å². The molecular formula is C12H8BrN3O. The van der Waals surface area contributed by atoms with E-state index in [4.69, 9.17) is 0 Å². The molecular weight excluding hydrogens is 282 g/mol. The molecule has 84 valence electrons. The third-order valence-electron chi connectivity index (χ3n) is 2.54. The topological polar surface area (TPSA) is 54.4 Å². The Labute approximate surface area is 106 Å². The van der Waals surface area contributed by atoms with Crippen molar-refractivity contribution in [2.75, 3.05) is 6.54 Å². The van der Waals surface area contributed by atoms with Gasteiger partial charge in [0.15, 0.2) is 5.84 Å². The molecule has 0 atom stereocenters. The number of nitrogens with one attached hydrogen (secondary N) is 1. The Morgan fingerprint density at radius 1 is 1.29 bits per heavy atom. The molecule has 0 radical (unpaired) electrons. The molecule has 1 aromatic carbocycles. The monoisotopic (exact) mass is 289 g/mol. The molecule has 0 unspecified atom stereocenters. The maximum absolute atomic E-state index is 11.1. The fourth-order valence-electron chi connectivity index (χ4n) is 1.75. The van der Waals surface area contributed by atoms with Crippen LogP contribution < -0.4 is 5.32 Å². The fourth-order valence-corrected chi connectivity index (χ4v) is 2.28. The van der Waals surface area contributed by atoms with E-state index in [1.54, 1.807) is 0 Å². The average Bonchev–Trinajstić information content (AvgIpc) is 2.75. The molecule has 0 saturated carbocycles. The maximum Gasteiger partial charge on any atom is 0.247 e. The number of para-hydroxylation sites is 1. The Balaban J connectivity index is 2.17. The highest BCUT2D eigenvalue weighted by atomic mass is 79.9. The number of carbonyl (C=O) groups excluding carboxylic acids is 1. The zero-order valence-electron chi connectivity index (χ0n) is 8.77. The number of amides is 1. The lowest BCUT2D eigenvalue weighted by Gasteiger charge is -2.05. The molecule has 1 aromatic heterocycles. The number of nitrogens with zero attached hydrogens (tertiary/aromatic N) is 2. The van der Waals surface area contributed by atoms with Gasteiger partial charge in [-0.15, -0.1) is 0 Å². The van der Waals surface area contributed by atoms with Gasteiger partial charge in [-0.2, -0.15) is 0 Å². The lowest BCUT2D eigenvalue weighted by atomic mass is 10.2. The molecule has 0 aliphatic carbocycles. The lowest BCUT2D eigenvalue weighted by Crippen LogP contribution is -2.26. The summed E-state index contributed by atoms with van der Waals surface area (Å²) in [7, 11) is 0. The van der Waals surface area contributed by atoms with Crippen LogP contribution in [0.3, 0.4) is 0 Å². The van der Waals surface area contributed by atoms with E-state index in [0.29, 0.717) is 11.5 Å². The molecule has 0 saturated heterocycles. The van der Waals surface area contributed by atoms with Gasteiger partial charge in [-0.05, 0) is 28.1 Å². The minimum absolute atomic E-state index is 0.0955. The summed E-state index contributed by atoms with van der Waals surface area (Å²) in [5.74, 6) is 0.439. The van der Waals surface area contributed by atoms with Crippen molar-refractivity contribution in [3.8, 4) is 0 Å². The van der Waals surface area contributed by atoms with Gasteiger partial charge in [-0.1, -0.05) is 18.2 Å². The average molecular weight is 290 g/mol. The van der Waals surface area contributed by atoms with Crippen LogP contribution in [-0.2, 0) is 4.79 Å². The molecule has 17 heavy (non-hydrogen) atoms. The predicted octanol–water partition coefficient (Wildman–Crippen LogP) is 1.87. The smallest absolute Gasteiger partial charge is 0.247 e. The Kier molecular flexibility index (Phi) is 2.40. The van der Waals surface area contributed by atoms with Gasteiger partial charge < -0.3 is 5.32 Å². The number of carbonyl (C=O) groups is 1. The van der Waals surface area contributed by atoms with E-state index in [0.717, 1.165) is 15.4 Å². The Hall–Kier alpha value is -1.75. The number of aliphatic imine (C=N–C) groups is 1. The first-order chi connectivity index (χ1) is 8.24. The minimum Gasteiger partial charge on any atom is -0.308 e. The van der Waals surface area contributed by atoms with Crippen LogP contribution in [0.25, 0.3) is 10.9 Å². The molecule has 2 heterocycles. The molecule has 1 aliphatic rings. The molecule has 0 bridgehead atoms. The summed E-state index contributed by atoms with van der Waals surface area (Å²) in [5, 5.41) is 3.74. The number of hydrogen-bond donors (Lipinski definition) is 1. The zero-order valence-corrected chi connectivity index (χ0v) is 10.4. The van der Waals surface area contributed by atoms with Crippen LogP contribution in [-0.4, -0.2) is 23.3 Å². The number of pyridine rings is 1. The van der Waals surface area contributed by atoms with Crippen LogP contribution in [0.4, 0.5) is 0 Å². The van der Waals surface area contributed by atoms with Crippen molar-refractivity contribution in [3.63, 3.8) is 0 Å². The van der Waals surface area contributed by atoms with E-state index in [2.05, 4.69) is 31.2 Å². The summed E-state index contributed by atoms with van der Waals surface area (Å²) in [6, 6.07) is 9.80. The quantitative estimate of drug-likeness (QED) is 0.871. The predicted molar refractivity (Wildman–Crippen MR) is 69.0 cm³/mol. The summed E-state index contributed by atoms with van der Waals surface area (Å²) >= 11 is 3.45. The number of benzene rings is 1. The van der Waals surface area contributed by atoms with Gasteiger partial charge in [0.2, 0.25) is 5.91 Å². The molecule has 0 spiro atoms. The van der Waals surface area contributed by atoms with Gasteiger partial charge >= 0.3 is 0 Å². The van der Waals surface area contributed by atoms with E-state index in [1.165, 1.54) is 0 Å². The van der Waals surface area contributed by atoms with Gasteiger partial charge in [0.1, 0.15) is 12.2 Å². The largest absolute Gasteiger partial charge is 0.308 e. The van der Waals surface area contributed by atoms with Crippen molar-refractivity contribution in [1.29, 1.82) is 0 Å². The number of aromatic nitrogens is 1. The molecule has 0 fully saturated rings.